The van der Waals surface area contributed by atoms with Gasteiger partial charge < -0.3 is 9.88 Å². The van der Waals surface area contributed by atoms with Crippen LogP contribution in [0.5, 0.6) is 0 Å². The molecule has 6 heterocycles. The maximum Gasteiger partial charge on any atom is 0.285 e. The summed E-state index contributed by atoms with van der Waals surface area (Å²) in [4.78, 5) is 31.1. The summed E-state index contributed by atoms with van der Waals surface area (Å²) < 4.78 is 7.33. The highest BCUT2D eigenvalue weighted by atomic mass is 16.1. The Morgan fingerprint density at radius 1 is 0.941 bits per heavy atom. The van der Waals surface area contributed by atoms with Crippen LogP contribution >= 0.6 is 0 Å². The Morgan fingerprint density at radius 2 is 1.74 bits per heavy atom. The molecule has 11 heteroatoms. The van der Waals surface area contributed by atoms with E-state index < -0.39 is 0 Å². The molecule has 7 rings (SSSR count). The fourth-order valence-electron chi connectivity index (χ4n) is 4.27. The molecule has 0 spiro atoms. The molecule has 1 aromatic carbocycles. The maximum absolute atomic E-state index is 12.1. The Morgan fingerprint density at radius 3 is 2.56 bits per heavy atom. The standard InChI is InChI=1S/C15H13N5O.C8H6N4O/c1-16-15-18-13(21)11-9-17-20-12(7-8-19(15)14(11)20)10-5-3-2-4-6-10;13-7-6-4-10-12-3-1-2-11(5-9-7)8(6)12/h2-7,9H,8H2,1H3,(H,16,18,21);1,3-5H,2H2. The van der Waals surface area contributed by atoms with E-state index in [1.165, 1.54) is 0 Å². The van der Waals surface area contributed by atoms with Gasteiger partial charge in [-0.2, -0.15) is 20.2 Å². The van der Waals surface area contributed by atoms with Gasteiger partial charge in [0.15, 0.2) is 5.65 Å². The summed E-state index contributed by atoms with van der Waals surface area (Å²) in [7, 11) is 1.76. The van der Waals surface area contributed by atoms with Gasteiger partial charge in [0.1, 0.15) is 22.7 Å². The molecule has 34 heavy (non-hydrogen) atoms. The summed E-state index contributed by atoms with van der Waals surface area (Å²) in [6, 6.07) is 10.0. The summed E-state index contributed by atoms with van der Waals surface area (Å²) in [5.41, 5.74) is 3.18. The largest absolute Gasteiger partial charge is 0.359 e. The zero-order valence-electron chi connectivity index (χ0n) is 18.2. The summed E-state index contributed by atoms with van der Waals surface area (Å²) in [5, 5.41) is 12.5. The summed E-state index contributed by atoms with van der Waals surface area (Å²) in [5.74, 6) is 0.553. The second kappa shape index (κ2) is 7.66. The molecule has 4 aromatic heterocycles. The molecule has 2 aliphatic heterocycles. The van der Waals surface area contributed by atoms with Crippen molar-refractivity contribution in [3.8, 4) is 0 Å². The highest BCUT2D eigenvalue weighted by Crippen LogP contribution is 2.26. The zero-order chi connectivity index (χ0) is 23.2. The fourth-order valence-corrected chi connectivity index (χ4v) is 4.27. The summed E-state index contributed by atoms with van der Waals surface area (Å²) in [6.07, 6.45) is 10.6. The molecule has 5 aromatic rings. The molecule has 168 valence electrons. The molecule has 2 aliphatic rings. The minimum Gasteiger partial charge on any atom is -0.359 e. The lowest BCUT2D eigenvalue weighted by atomic mass is 10.1. The Bertz CT molecular complexity index is 1740. The van der Waals surface area contributed by atoms with Gasteiger partial charge in [-0.3, -0.25) is 14.2 Å². The van der Waals surface area contributed by atoms with Crippen molar-refractivity contribution in [2.75, 3.05) is 12.4 Å². The molecule has 0 atom stereocenters. The van der Waals surface area contributed by atoms with E-state index in [0.29, 0.717) is 23.3 Å². The van der Waals surface area contributed by atoms with Crippen molar-refractivity contribution >= 4 is 39.9 Å². The number of nitrogens with one attached hydrogen (secondary N) is 1. The number of rotatable bonds is 2. The van der Waals surface area contributed by atoms with Crippen LogP contribution < -0.4 is 16.4 Å². The molecule has 0 amide bonds. The van der Waals surface area contributed by atoms with Gasteiger partial charge in [-0.25, -0.2) is 9.36 Å². The monoisotopic (exact) mass is 453 g/mol. The molecular formula is C23H19N9O2. The highest BCUT2D eigenvalue weighted by Gasteiger charge is 2.21. The van der Waals surface area contributed by atoms with Gasteiger partial charge in [-0.15, -0.1) is 0 Å². The van der Waals surface area contributed by atoms with Gasteiger partial charge in [0.25, 0.3) is 11.1 Å². The first-order valence-corrected chi connectivity index (χ1v) is 10.7. The van der Waals surface area contributed by atoms with Crippen molar-refractivity contribution < 1.29 is 0 Å². The minimum absolute atomic E-state index is 0.215. The second-order valence-electron chi connectivity index (χ2n) is 7.76. The van der Waals surface area contributed by atoms with Gasteiger partial charge in [0.2, 0.25) is 5.95 Å². The van der Waals surface area contributed by atoms with Gasteiger partial charge >= 0.3 is 0 Å². The van der Waals surface area contributed by atoms with Crippen molar-refractivity contribution in [2.45, 2.75) is 13.1 Å². The number of anilines is 1. The summed E-state index contributed by atoms with van der Waals surface area (Å²) >= 11 is 0. The van der Waals surface area contributed by atoms with E-state index in [1.807, 2.05) is 51.7 Å². The lowest BCUT2D eigenvalue weighted by Crippen LogP contribution is -2.21. The van der Waals surface area contributed by atoms with E-state index in [1.54, 1.807) is 35.1 Å². The SMILES string of the molecule is CNc1nc(=O)c2cnn3c2n1CC=C3c1ccccc1.O=c1ncn2c3c1cnn3C=CC2. The van der Waals surface area contributed by atoms with Crippen molar-refractivity contribution in [1.29, 1.82) is 0 Å². The van der Waals surface area contributed by atoms with Crippen molar-refractivity contribution in [2.24, 2.45) is 0 Å². The van der Waals surface area contributed by atoms with E-state index in [-0.39, 0.29) is 11.1 Å². The third-order valence-electron chi connectivity index (χ3n) is 5.82. The van der Waals surface area contributed by atoms with Crippen molar-refractivity contribution in [3.05, 3.63) is 87.5 Å². The van der Waals surface area contributed by atoms with Crippen LogP contribution in [0.2, 0.25) is 0 Å². The fraction of sp³-hybridized carbons (Fsp3) is 0.130. The van der Waals surface area contributed by atoms with E-state index in [2.05, 4.69) is 31.6 Å². The number of hydrogen-bond donors (Lipinski definition) is 1. The van der Waals surface area contributed by atoms with Crippen LogP contribution in [0.1, 0.15) is 5.56 Å². The molecule has 1 N–H and O–H groups in total. The Hall–Kier alpha value is -4.80. The van der Waals surface area contributed by atoms with Crippen LogP contribution in [-0.4, -0.2) is 45.7 Å². The van der Waals surface area contributed by atoms with E-state index in [0.717, 1.165) is 29.1 Å². The molecule has 0 unspecified atom stereocenters. The quantitative estimate of drug-likeness (QED) is 0.432. The van der Waals surface area contributed by atoms with Crippen LogP contribution in [0, 0.1) is 0 Å². The number of hydrogen-bond acceptors (Lipinski definition) is 7. The molecule has 0 fully saturated rings. The van der Waals surface area contributed by atoms with Crippen molar-refractivity contribution in [1.82, 2.24) is 38.7 Å². The number of nitrogens with zero attached hydrogens (tertiary/aromatic N) is 8. The normalized spacial score (nSPS) is 13.5. The molecule has 0 bridgehead atoms. The average Bonchev–Trinajstić information content (AvgIpc) is 3.52. The number of benzene rings is 1. The maximum atomic E-state index is 12.1. The predicted molar refractivity (Wildman–Crippen MR) is 128 cm³/mol. The van der Waals surface area contributed by atoms with Gasteiger partial charge in [0, 0.05) is 26.3 Å². The Labute approximate surface area is 191 Å². The molecule has 0 saturated carbocycles. The lowest BCUT2D eigenvalue weighted by Gasteiger charge is -2.20. The van der Waals surface area contributed by atoms with Crippen LogP contribution in [0.3, 0.4) is 0 Å². The topological polar surface area (TPSA) is 117 Å². The van der Waals surface area contributed by atoms with Gasteiger partial charge in [-0.1, -0.05) is 30.3 Å². The number of aromatic nitrogens is 8. The van der Waals surface area contributed by atoms with Crippen LogP contribution in [0.15, 0.2) is 70.8 Å². The predicted octanol–water partition coefficient (Wildman–Crippen LogP) is 1.61. The second-order valence-corrected chi connectivity index (χ2v) is 7.76. The van der Waals surface area contributed by atoms with Crippen LogP contribution in [-0.2, 0) is 13.1 Å². The molecule has 11 nitrogen and oxygen atoms in total. The first-order chi connectivity index (χ1) is 16.7. The van der Waals surface area contributed by atoms with E-state index in [9.17, 15) is 9.59 Å². The summed E-state index contributed by atoms with van der Waals surface area (Å²) in [6.45, 7) is 1.39. The molecule has 0 saturated heterocycles. The lowest BCUT2D eigenvalue weighted by molar-refractivity contribution is 0.757. The van der Waals surface area contributed by atoms with Crippen LogP contribution in [0.4, 0.5) is 5.95 Å². The first-order valence-electron chi connectivity index (χ1n) is 10.7. The number of allylic oxidation sites excluding steroid dienone is 2. The zero-order valence-corrected chi connectivity index (χ0v) is 18.2. The average molecular weight is 453 g/mol. The Kier molecular flexibility index (Phi) is 4.47. The van der Waals surface area contributed by atoms with Crippen molar-refractivity contribution in [3.63, 3.8) is 0 Å². The third-order valence-corrected chi connectivity index (χ3v) is 5.82. The molecule has 0 aliphatic carbocycles. The van der Waals surface area contributed by atoms with Crippen LogP contribution in [0.25, 0.3) is 34.0 Å². The molecule has 0 radical (unpaired) electrons. The van der Waals surface area contributed by atoms with Gasteiger partial charge in [0.05, 0.1) is 18.1 Å². The first kappa shape index (κ1) is 19.9. The Balaban J connectivity index is 0.000000143. The molecular weight excluding hydrogens is 434 g/mol. The third kappa shape index (κ3) is 2.98. The van der Waals surface area contributed by atoms with E-state index >= 15 is 0 Å². The minimum atomic E-state index is -0.258. The highest BCUT2D eigenvalue weighted by molar-refractivity contribution is 5.83. The smallest absolute Gasteiger partial charge is 0.285 e. The van der Waals surface area contributed by atoms with E-state index in [4.69, 9.17) is 0 Å². The van der Waals surface area contributed by atoms with Gasteiger partial charge in [-0.05, 0) is 17.7 Å².